The Balaban J connectivity index is 1.44. The maximum atomic E-state index is 13.1. The van der Waals surface area contributed by atoms with E-state index in [9.17, 15) is 4.79 Å². The molecule has 1 amide bonds. The molecule has 0 bridgehead atoms. The Morgan fingerprint density at radius 3 is 2.85 bits per heavy atom. The molecule has 1 aliphatic carbocycles. The van der Waals surface area contributed by atoms with Gasteiger partial charge in [-0.25, -0.2) is 0 Å². The van der Waals surface area contributed by atoms with Crippen LogP contribution < -0.4 is 0 Å². The number of hydrogen-bond donors (Lipinski definition) is 0. The van der Waals surface area contributed by atoms with Crippen molar-refractivity contribution < 1.29 is 9.53 Å². The number of nitrogens with zero attached hydrogens (tertiary/aromatic N) is 4. The molecule has 0 aromatic carbocycles. The van der Waals surface area contributed by atoms with E-state index in [0.29, 0.717) is 17.9 Å². The van der Waals surface area contributed by atoms with Crippen molar-refractivity contribution in [3.8, 4) is 0 Å². The van der Waals surface area contributed by atoms with Gasteiger partial charge in [0.15, 0.2) is 0 Å². The van der Waals surface area contributed by atoms with Crippen LogP contribution in [0, 0.1) is 17.3 Å². The molecule has 0 radical (unpaired) electrons. The highest BCUT2D eigenvalue weighted by molar-refractivity contribution is 5.82. The minimum Gasteiger partial charge on any atom is -0.381 e. The normalized spacial score (nSPS) is 30.4. The summed E-state index contributed by atoms with van der Waals surface area (Å²) in [6.45, 7) is 6.91. The fraction of sp³-hybridized carbons (Fsp3) is 0.810. The minimum atomic E-state index is 0.231. The van der Waals surface area contributed by atoms with E-state index in [-0.39, 0.29) is 11.3 Å². The molecule has 27 heavy (non-hydrogen) atoms. The number of amides is 1. The summed E-state index contributed by atoms with van der Waals surface area (Å²) in [7, 11) is 3.99. The number of aromatic nitrogens is 2. The first kappa shape index (κ1) is 18.9. The van der Waals surface area contributed by atoms with Gasteiger partial charge in [0, 0.05) is 57.6 Å². The maximum Gasteiger partial charge on any atom is 0.226 e. The number of hydrogen-bond acceptors (Lipinski definition) is 4. The molecule has 4 rings (SSSR count). The van der Waals surface area contributed by atoms with Crippen molar-refractivity contribution in [1.29, 1.82) is 0 Å². The van der Waals surface area contributed by atoms with Gasteiger partial charge in [0.25, 0.3) is 0 Å². The average Bonchev–Trinajstić information content (AvgIpc) is 3.18. The van der Waals surface area contributed by atoms with E-state index in [1.54, 1.807) is 0 Å². The molecule has 150 valence electrons. The molecule has 3 aliphatic rings. The molecular weight excluding hydrogens is 340 g/mol. The highest BCUT2D eigenvalue weighted by atomic mass is 16.5. The summed E-state index contributed by atoms with van der Waals surface area (Å²) in [6, 6.07) is 0.365. The van der Waals surface area contributed by atoms with E-state index in [1.165, 1.54) is 18.4 Å². The Hall–Kier alpha value is -1.40. The molecule has 1 aromatic heterocycles. The second-order valence-electron chi connectivity index (χ2n) is 8.87. The molecular formula is C21H34N4O2. The first-order chi connectivity index (χ1) is 13.0. The minimum absolute atomic E-state index is 0.231. The molecule has 3 heterocycles. The van der Waals surface area contributed by atoms with Gasteiger partial charge in [-0.2, -0.15) is 5.10 Å². The van der Waals surface area contributed by atoms with E-state index < -0.39 is 0 Å². The summed E-state index contributed by atoms with van der Waals surface area (Å²) < 4.78 is 7.40. The van der Waals surface area contributed by atoms with Crippen LogP contribution in [0.2, 0.25) is 0 Å². The third-order valence-corrected chi connectivity index (χ3v) is 7.19. The molecule has 0 N–H and O–H groups in total. The Bertz CT molecular complexity index is 667. The lowest BCUT2D eigenvalue weighted by molar-refractivity contribution is -0.133. The average molecular weight is 375 g/mol. The van der Waals surface area contributed by atoms with Crippen LogP contribution in [0.5, 0.6) is 0 Å². The second kappa shape index (κ2) is 7.55. The van der Waals surface area contributed by atoms with Crippen molar-refractivity contribution in [2.24, 2.45) is 24.3 Å². The summed E-state index contributed by atoms with van der Waals surface area (Å²) in [6.07, 6.45) is 9.72. The third-order valence-electron chi connectivity index (χ3n) is 7.19. The molecule has 6 heteroatoms. The van der Waals surface area contributed by atoms with Gasteiger partial charge in [-0.1, -0.05) is 6.92 Å². The lowest BCUT2D eigenvalue weighted by Gasteiger charge is -2.42. The molecule has 1 saturated carbocycles. The number of carbonyl (C=O) groups excluding carboxylic acids is 1. The number of likely N-dealkylation sites (tertiary alicyclic amines) is 1. The van der Waals surface area contributed by atoms with Gasteiger partial charge >= 0.3 is 0 Å². The van der Waals surface area contributed by atoms with Gasteiger partial charge in [0.05, 0.1) is 6.20 Å². The quantitative estimate of drug-likeness (QED) is 0.794. The van der Waals surface area contributed by atoms with Gasteiger partial charge in [0.1, 0.15) is 0 Å². The molecule has 1 aromatic rings. The van der Waals surface area contributed by atoms with Crippen LogP contribution in [0.25, 0.3) is 0 Å². The van der Waals surface area contributed by atoms with Gasteiger partial charge < -0.3 is 9.64 Å². The van der Waals surface area contributed by atoms with Crippen molar-refractivity contribution in [2.75, 3.05) is 39.9 Å². The molecule has 1 spiro atoms. The molecule has 0 unspecified atom stereocenters. The zero-order valence-corrected chi connectivity index (χ0v) is 17.1. The smallest absolute Gasteiger partial charge is 0.226 e. The Labute approximate surface area is 162 Å². The summed E-state index contributed by atoms with van der Waals surface area (Å²) in [5.41, 5.74) is 1.55. The molecule has 3 fully saturated rings. The van der Waals surface area contributed by atoms with Crippen molar-refractivity contribution in [2.45, 2.75) is 45.1 Å². The van der Waals surface area contributed by atoms with Crippen LogP contribution in [0.3, 0.4) is 0 Å². The van der Waals surface area contributed by atoms with Gasteiger partial charge in [-0.05, 0) is 56.5 Å². The first-order valence-corrected chi connectivity index (χ1v) is 10.6. The van der Waals surface area contributed by atoms with Crippen LogP contribution in [0.15, 0.2) is 12.4 Å². The largest absolute Gasteiger partial charge is 0.381 e. The standard InChI is InChI=1S/C21H34N4O2/c1-4-25-9-5-6-16(19(25)17-13-22-24(3)15-17)14-23(2)20(26)18-12-21(18)7-10-27-11-8-21/h13,15-16,18-19H,4-12,14H2,1-3H3/t16-,18+,19+/m0/s1. The number of carbonyl (C=O) groups is 1. The Kier molecular flexibility index (Phi) is 5.30. The Morgan fingerprint density at radius 2 is 2.19 bits per heavy atom. The highest BCUT2D eigenvalue weighted by Gasteiger charge is 2.58. The van der Waals surface area contributed by atoms with Gasteiger partial charge in [-0.15, -0.1) is 0 Å². The van der Waals surface area contributed by atoms with E-state index in [0.717, 1.165) is 52.1 Å². The number of ether oxygens (including phenoxy) is 1. The highest BCUT2D eigenvalue weighted by Crippen LogP contribution is 2.59. The first-order valence-electron chi connectivity index (χ1n) is 10.6. The van der Waals surface area contributed by atoms with Crippen LogP contribution in [0.4, 0.5) is 0 Å². The number of piperidine rings is 1. The number of aryl methyl sites for hydroxylation is 1. The molecule has 3 atom stereocenters. The third kappa shape index (κ3) is 3.66. The van der Waals surface area contributed by atoms with Crippen molar-refractivity contribution >= 4 is 5.91 Å². The summed E-state index contributed by atoms with van der Waals surface area (Å²) in [5.74, 6) is 1.06. The zero-order valence-electron chi connectivity index (χ0n) is 17.1. The predicted octanol–water partition coefficient (Wildman–Crippen LogP) is 2.47. The SMILES string of the molecule is CCN1CCC[C@@H](CN(C)C(=O)[C@H]2CC23CCOCC3)[C@@H]1c1cnn(C)c1. The van der Waals surface area contributed by atoms with Gasteiger partial charge in [0.2, 0.25) is 5.91 Å². The zero-order chi connectivity index (χ0) is 19.0. The van der Waals surface area contributed by atoms with Crippen molar-refractivity contribution in [3.05, 3.63) is 18.0 Å². The summed E-state index contributed by atoms with van der Waals surface area (Å²) in [4.78, 5) is 17.7. The van der Waals surface area contributed by atoms with Crippen LogP contribution in [-0.4, -0.2) is 65.4 Å². The summed E-state index contributed by atoms with van der Waals surface area (Å²) in [5, 5.41) is 4.40. The van der Waals surface area contributed by atoms with E-state index in [1.807, 2.05) is 29.9 Å². The van der Waals surface area contributed by atoms with E-state index in [2.05, 4.69) is 23.1 Å². The van der Waals surface area contributed by atoms with Crippen LogP contribution >= 0.6 is 0 Å². The van der Waals surface area contributed by atoms with Crippen LogP contribution in [0.1, 0.15) is 50.6 Å². The molecule has 2 saturated heterocycles. The molecule has 6 nitrogen and oxygen atoms in total. The predicted molar refractivity (Wildman–Crippen MR) is 104 cm³/mol. The van der Waals surface area contributed by atoms with Crippen molar-refractivity contribution in [1.82, 2.24) is 19.6 Å². The van der Waals surface area contributed by atoms with E-state index in [4.69, 9.17) is 4.74 Å². The fourth-order valence-corrected chi connectivity index (χ4v) is 5.51. The monoisotopic (exact) mass is 374 g/mol. The van der Waals surface area contributed by atoms with Gasteiger partial charge in [-0.3, -0.25) is 14.4 Å². The van der Waals surface area contributed by atoms with E-state index >= 15 is 0 Å². The lowest BCUT2D eigenvalue weighted by Crippen LogP contribution is -2.44. The molecule has 2 aliphatic heterocycles. The topological polar surface area (TPSA) is 50.6 Å². The maximum absolute atomic E-state index is 13.1. The van der Waals surface area contributed by atoms with Crippen molar-refractivity contribution in [3.63, 3.8) is 0 Å². The van der Waals surface area contributed by atoms with Crippen LogP contribution in [-0.2, 0) is 16.6 Å². The number of rotatable bonds is 5. The lowest BCUT2D eigenvalue weighted by atomic mass is 9.85. The Morgan fingerprint density at radius 1 is 1.41 bits per heavy atom. The second-order valence-corrected chi connectivity index (χ2v) is 8.87. The fourth-order valence-electron chi connectivity index (χ4n) is 5.51. The summed E-state index contributed by atoms with van der Waals surface area (Å²) >= 11 is 0.